The molecular formula is C61H84N8O8S. The molecule has 8 fully saturated rings. The Bertz CT molecular complexity index is 2890. The van der Waals surface area contributed by atoms with Crippen molar-refractivity contribution in [3.63, 3.8) is 0 Å². The number of likely N-dealkylation sites (tertiary alicyclic amines) is 2. The minimum Gasteiger partial charge on any atom is -0.464 e. The van der Waals surface area contributed by atoms with Gasteiger partial charge in [0.1, 0.15) is 22.7 Å². The molecule has 2 amide bonds. The molecule has 3 aromatic heterocycles. The van der Waals surface area contributed by atoms with Gasteiger partial charge in [0, 0.05) is 83.7 Å². The molecule has 0 unspecified atom stereocenters. The normalized spacial score (nSPS) is 31.2. The van der Waals surface area contributed by atoms with Crippen molar-refractivity contribution >= 4 is 40.0 Å². The van der Waals surface area contributed by atoms with Crippen LogP contribution < -0.4 is 10.7 Å². The van der Waals surface area contributed by atoms with Gasteiger partial charge in [-0.3, -0.25) is 29.3 Å². The number of cyclic esters (lactones) is 1. The lowest BCUT2D eigenvalue weighted by Crippen LogP contribution is -2.65. The number of piperidine rings is 1. The predicted molar refractivity (Wildman–Crippen MR) is 300 cm³/mol. The maximum Gasteiger partial charge on any atom is 0.324 e. The fourth-order valence-corrected chi connectivity index (χ4v) is 15.4. The molecule has 9 aliphatic rings. The summed E-state index contributed by atoms with van der Waals surface area (Å²) in [5.74, 6) is -0.570. The van der Waals surface area contributed by atoms with E-state index in [-0.39, 0.29) is 47.7 Å². The quantitative estimate of drug-likeness (QED) is 0.130. The number of fused-ring (bicyclic) bond motifs is 7. The van der Waals surface area contributed by atoms with E-state index >= 15 is 4.79 Å². The number of nitrogens with zero attached hydrogens (tertiary/aromatic N) is 6. The number of benzene rings is 1. The number of amides is 2. The monoisotopic (exact) mass is 1090 g/mol. The zero-order valence-corrected chi connectivity index (χ0v) is 48.3. The second-order valence-corrected chi connectivity index (χ2v) is 27.0. The fraction of sp³-hybridized carbons (Fsp3) is 0.689. The van der Waals surface area contributed by atoms with E-state index < -0.39 is 35.1 Å². The first-order chi connectivity index (χ1) is 37.4. The summed E-state index contributed by atoms with van der Waals surface area (Å²) in [6, 6.07) is 7.56. The Hall–Kier alpha value is -4.33. The molecule has 1 aromatic carbocycles. The van der Waals surface area contributed by atoms with Crippen LogP contribution in [0.3, 0.4) is 0 Å². The lowest BCUT2D eigenvalue weighted by atomic mass is 9.61. The van der Waals surface area contributed by atoms with Gasteiger partial charge >= 0.3 is 5.97 Å². The highest BCUT2D eigenvalue weighted by molar-refractivity contribution is 7.10. The number of rotatable bonds is 12. The van der Waals surface area contributed by atoms with Gasteiger partial charge in [0.15, 0.2) is 0 Å². The molecule has 6 saturated heterocycles. The number of aromatic nitrogens is 3. The van der Waals surface area contributed by atoms with Gasteiger partial charge in [0.25, 0.3) is 11.8 Å². The van der Waals surface area contributed by atoms with E-state index in [0.717, 1.165) is 120 Å². The van der Waals surface area contributed by atoms with Crippen molar-refractivity contribution in [2.45, 2.75) is 198 Å². The first-order valence-electron chi connectivity index (χ1n) is 29.5. The molecule has 2 N–H and O–H groups in total. The Kier molecular flexibility index (Phi) is 14.8. The van der Waals surface area contributed by atoms with Crippen LogP contribution in [-0.2, 0) is 51.0 Å². The molecular weight excluding hydrogens is 1000 g/mol. The van der Waals surface area contributed by atoms with E-state index in [1.807, 2.05) is 6.92 Å². The molecule has 0 radical (unpaired) electrons. The van der Waals surface area contributed by atoms with Crippen molar-refractivity contribution in [2.75, 3.05) is 59.7 Å². The Balaban J connectivity index is 0.997. The summed E-state index contributed by atoms with van der Waals surface area (Å²) in [5, 5.41) is 8.83. The molecule has 13 rings (SSSR count). The summed E-state index contributed by atoms with van der Waals surface area (Å²) in [6.07, 6.45) is 13.2. The van der Waals surface area contributed by atoms with Gasteiger partial charge < -0.3 is 38.5 Å². The molecule has 422 valence electrons. The van der Waals surface area contributed by atoms with Crippen molar-refractivity contribution in [3.05, 3.63) is 57.7 Å². The Labute approximate surface area is 465 Å². The summed E-state index contributed by atoms with van der Waals surface area (Å²) in [6.45, 7) is 21.0. The SMILES string of the molecule is CO[C@@H](C)c1ncc(C2CCN(C3CC3)CC2)cc1-c1c2c3cc(ccc3n1CCO[C@H]1CCOC(C)(C)C1)-c1csc(n1)[C@@H](N1CCCC1)[C@H](NC(=O)C13CC(C)(C1)[C@H](C)O3)C(=O)N1CCC[C@H](N1)C(=O)OCC(C)(C)C2. The van der Waals surface area contributed by atoms with E-state index in [1.54, 1.807) is 12.1 Å². The van der Waals surface area contributed by atoms with E-state index in [9.17, 15) is 9.59 Å². The molecule has 4 aromatic rings. The number of hydrogen-bond donors (Lipinski definition) is 2. The van der Waals surface area contributed by atoms with Crippen molar-refractivity contribution in [3.8, 4) is 22.5 Å². The number of carbonyl (C=O) groups excluding carboxylic acids is 3. The van der Waals surface area contributed by atoms with E-state index in [2.05, 4.69) is 102 Å². The number of hydrogen-bond acceptors (Lipinski definition) is 14. The Morgan fingerprint density at radius 3 is 2.46 bits per heavy atom. The molecule has 6 atom stereocenters. The number of thiazole rings is 1. The number of ether oxygens (including phenoxy) is 5. The smallest absolute Gasteiger partial charge is 0.324 e. The minimum absolute atomic E-state index is 0.0674. The molecule has 8 bridgehead atoms. The largest absolute Gasteiger partial charge is 0.464 e. The lowest BCUT2D eigenvalue weighted by molar-refractivity contribution is -0.157. The average molecular weight is 1090 g/mol. The summed E-state index contributed by atoms with van der Waals surface area (Å²) in [7, 11) is 1.76. The summed E-state index contributed by atoms with van der Waals surface area (Å²) in [5.41, 5.74) is 9.71. The van der Waals surface area contributed by atoms with E-state index in [4.69, 9.17) is 33.7 Å². The van der Waals surface area contributed by atoms with Crippen LogP contribution >= 0.6 is 11.3 Å². The molecule has 2 aliphatic carbocycles. The number of hydrazine groups is 1. The third-order valence-electron chi connectivity index (χ3n) is 19.1. The third-order valence-corrected chi connectivity index (χ3v) is 20.0. The molecule has 7 aliphatic heterocycles. The first-order valence-corrected chi connectivity index (χ1v) is 30.4. The van der Waals surface area contributed by atoms with Crippen LogP contribution in [0, 0.1) is 10.8 Å². The first kappa shape index (κ1) is 54.3. The van der Waals surface area contributed by atoms with Gasteiger partial charge in [-0.15, -0.1) is 11.3 Å². The maximum atomic E-state index is 15.3. The van der Waals surface area contributed by atoms with Crippen LogP contribution in [0.5, 0.6) is 0 Å². The van der Waals surface area contributed by atoms with Crippen LogP contribution in [0.25, 0.3) is 33.4 Å². The van der Waals surface area contributed by atoms with Gasteiger partial charge in [-0.25, -0.2) is 10.4 Å². The lowest BCUT2D eigenvalue weighted by Gasteiger charge is -2.43. The summed E-state index contributed by atoms with van der Waals surface area (Å²) in [4.78, 5) is 60.3. The number of carbonyl (C=O) groups is 3. The third kappa shape index (κ3) is 10.5. The van der Waals surface area contributed by atoms with Gasteiger partial charge in [-0.1, -0.05) is 26.8 Å². The van der Waals surface area contributed by atoms with Crippen LogP contribution in [0.15, 0.2) is 35.8 Å². The van der Waals surface area contributed by atoms with Gasteiger partial charge in [0.05, 0.1) is 60.3 Å². The molecule has 17 heteroatoms. The minimum atomic E-state index is -1.01. The second-order valence-electron chi connectivity index (χ2n) is 26.2. The molecule has 10 heterocycles. The van der Waals surface area contributed by atoms with Crippen molar-refractivity contribution in [1.29, 1.82) is 0 Å². The molecule has 2 saturated carbocycles. The van der Waals surface area contributed by atoms with Crippen molar-refractivity contribution < 1.29 is 38.1 Å². The van der Waals surface area contributed by atoms with Crippen LogP contribution in [0.1, 0.15) is 165 Å². The highest BCUT2D eigenvalue weighted by Crippen LogP contribution is 2.61. The fourth-order valence-electron chi connectivity index (χ4n) is 14.4. The number of esters is 1. The van der Waals surface area contributed by atoms with Gasteiger partial charge in [0.2, 0.25) is 0 Å². The second kappa shape index (κ2) is 21.2. The molecule has 0 spiro atoms. The summed E-state index contributed by atoms with van der Waals surface area (Å²) < 4.78 is 34.4. The van der Waals surface area contributed by atoms with Gasteiger partial charge in [-0.05, 0) is 166 Å². The number of nitrogens with one attached hydrogen (secondary N) is 2. The topological polar surface area (TPSA) is 162 Å². The zero-order chi connectivity index (χ0) is 54.3. The van der Waals surface area contributed by atoms with Crippen LogP contribution in [0.2, 0.25) is 0 Å². The van der Waals surface area contributed by atoms with Crippen LogP contribution in [-0.4, -0.2) is 148 Å². The standard InChI is InChI=1S/C61H84N8O8S/c1-37(73-8)50-45(29-41(32-62-50)39-17-23-66(24-18-39)42-14-15-42)52-46-31-58(3,4)36-75-56(71)47-12-11-22-69(65-47)55(70)51(64-57(72)61-34-60(7,35-61)38(2)77-61)53(67-20-9-10-21-67)54-63-48(33-78-54)40-13-16-49(44(46)28-40)68(52)25-27-74-43-19-26-76-59(5,6)30-43/h13,16,28-29,32-33,37-39,42-43,47,51,53,65H,9-12,14-15,17-27,30-31,34-36H2,1-8H3,(H,64,72)/t37-,38-,43-,47-,51-,53-,60?,61?/m0/s1. The molecule has 78 heavy (non-hydrogen) atoms. The predicted octanol–water partition coefficient (Wildman–Crippen LogP) is 9.05. The van der Waals surface area contributed by atoms with Crippen LogP contribution in [0.4, 0.5) is 0 Å². The number of pyridine rings is 1. The Morgan fingerprint density at radius 2 is 1.74 bits per heavy atom. The highest BCUT2D eigenvalue weighted by Gasteiger charge is 2.68. The average Bonchev–Trinajstić information content (AvgIpc) is 3.59. The van der Waals surface area contributed by atoms with Crippen molar-refractivity contribution in [2.24, 2.45) is 10.8 Å². The number of methoxy groups -OCH3 is 1. The van der Waals surface area contributed by atoms with Crippen molar-refractivity contribution in [1.82, 2.24) is 40.1 Å². The molecule has 16 nitrogen and oxygen atoms in total. The summed E-state index contributed by atoms with van der Waals surface area (Å²) >= 11 is 1.54. The Morgan fingerprint density at radius 1 is 0.962 bits per heavy atom. The maximum absolute atomic E-state index is 15.3. The zero-order valence-electron chi connectivity index (χ0n) is 47.5. The van der Waals surface area contributed by atoms with Gasteiger partial charge in [-0.2, -0.15) is 0 Å². The van der Waals surface area contributed by atoms with E-state index in [0.29, 0.717) is 64.3 Å². The highest BCUT2D eigenvalue weighted by atomic mass is 32.1. The van der Waals surface area contributed by atoms with E-state index in [1.165, 1.54) is 29.7 Å².